The van der Waals surface area contributed by atoms with Gasteiger partial charge in [-0.3, -0.25) is 0 Å². The van der Waals surface area contributed by atoms with E-state index in [2.05, 4.69) is 5.32 Å². The van der Waals surface area contributed by atoms with Crippen molar-refractivity contribution in [3.8, 4) is 0 Å². The predicted molar refractivity (Wildman–Crippen MR) is 67.4 cm³/mol. The van der Waals surface area contributed by atoms with Gasteiger partial charge in [0.05, 0.1) is 4.90 Å². The fourth-order valence-electron chi connectivity index (χ4n) is 2.05. The summed E-state index contributed by atoms with van der Waals surface area (Å²) in [6.07, 6.45) is 0. The van der Waals surface area contributed by atoms with Gasteiger partial charge < -0.3 is 5.32 Å². The van der Waals surface area contributed by atoms with Crippen LogP contribution in [0.5, 0.6) is 0 Å². The molecule has 0 amide bonds. The molecule has 1 heterocycles. The first-order valence-corrected chi connectivity index (χ1v) is 7.35. The van der Waals surface area contributed by atoms with E-state index in [1.165, 1.54) is 16.4 Å². The molecule has 6 heteroatoms. The molecule has 4 nitrogen and oxygen atoms in total. The van der Waals surface area contributed by atoms with E-state index in [0.29, 0.717) is 25.2 Å². The van der Waals surface area contributed by atoms with Crippen molar-refractivity contribution in [2.24, 2.45) is 0 Å². The van der Waals surface area contributed by atoms with Crippen molar-refractivity contribution in [3.63, 3.8) is 0 Å². The zero-order chi connectivity index (χ0) is 13.3. The molecule has 1 aromatic rings. The lowest BCUT2D eigenvalue weighted by molar-refractivity contribution is 0.283. The molecular formula is C12H17FN2O2S. The van der Waals surface area contributed by atoms with E-state index in [9.17, 15) is 12.8 Å². The van der Waals surface area contributed by atoms with E-state index in [-0.39, 0.29) is 10.9 Å². The van der Waals surface area contributed by atoms with E-state index in [1.807, 2.05) is 6.92 Å². The summed E-state index contributed by atoms with van der Waals surface area (Å²) in [5.74, 6) is -0.487. The van der Waals surface area contributed by atoms with Gasteiger partial charge in [-0.2, -0.15) is 4.31 Å². The first-order valence-electron chi connectivity index (χ1n) is 5.91. The molecule has 1 saturated heterocycles. The molecule has 0 radical (unpaired) electrons. The summed E-state index contributed by atoms with van der Waals surface area (Å²) in [7, 11) is -3.60. The maximum absolute atomic E-state index is 13.5. The third kappa shape index (κ3) is 2.41. The maximum Gasteiger partial charge on any atom is 0.243 e. The number of hydrogen-bond acceptors (Lipinski definition) is 3. The van der Waals surface area contributed by atoms with Crippen LogP contribution < -0.4 is 5.32 Å². The van der Waals surface area contributed by atoms with Gasteiger partial charge in [0.1, 0.15) is 5.82 Å². The number of aryl methyl sites for hydroxylation is 1. The molecule has 1 aliphatic heterocycles. The first kappa shape index (κ1) is 13.5. The molecule has 2 rings (SSSR count). The van der Waals surface area contributed by atoms with Gasteiger partial charge in [0.25, 0.3) is 0 Å². The summed E-state index contributed by atoms with van der Waals surface area (Å²) >= 11 is 0. The second kappa shape index (κ2) is 4.95. The average molecular weight is 272 g/mol. The normalized spacial score (nSPS) is 22.1. The lowest BCUT2D eigenvalue weighted by Crippen LogP contribution is -2.52. The number of piperazine rings is 1. The Morgan fingerprint density at radius 2 is 2.17 bits per heavy atom. The van der Waals surface area contributed by atoms with Crippen molar-refractivity contribution in [1.29, 1.82) is 0 Å². The molecule has 1 aliphatic rings. The Morgan fingerprint density at radius 1 is 1.44 bits per heavy atom. The summed E-state index contributed by atoms with van der Waals surface area (Å²) in [6, 6.07) is 3.94. The third-order valence-electron chi connectivity index (χ3n) is 3.19. The van der Waals surface area contributed by atoms with Crippen molar-refractivity contribution in [2.45, 2.75) is 24.8 Å². The lowest BCUT2D eigenvalue weighted by Gasteiger charge is -2.32. The standard InChI is InChI=1S/C12H17FN2O2S/c1-9-3-4-11(7-12(9)13)18(16,17)15-6-5-14-8-10(15)2/h3-4,7,10,14H,5-6,8H2,1-2H3. The summed E-state index contributed by atoms with van der Waals surface area (Å²) in [4.78, 5) is 0.0272. The SMILES string of the molecule is Cc1ccc(S(=O)(=O)N2CCNCC2C)cc1F. The zero-order valence-corrected chi connectivity index (χ0v) is 11.3. The van der Waals surface area contributed by atoms with E-state index in [4.69, 9.17) is 0 Å². The highest BCUT2D eigenvalue weighted by atomic mass is 32.2. The van der Waals surface area contributed by atoms with Crippen LogP contribution in [0.3, 0.4) is 0 Å². The molecule has 0 saturated carbocycles. The minimum absolute atomic E-state index is 0.0272. The summed E-state index contributed by atoms with van der Waals surface area (Å²) < 4.78 is 39.7. The van der Waals surface area contributed by atoms with E-state index in [0.717, 1.165) is 6.07 Å². The molecule has 0 bridgehead atoms. The molecule has 100 valence electrons. The molecule has 1 atom stereocenters. The Balaban J connectivity index is 2.37. The molecule has 1 fully saturated rings. The fraction of sp³-hybridized carbons (Fsp3) is 0.500. The van der Waals surface area contributed by atoms with Crippen LogP contribution in [0.2, 0.25) is 0 Å². The Labute approximate surface area is 107 Å². The molecule has 0 aliphatic carbocycles. The van der Waals surface area contributed by atoms with E-state index < -0.39 is 15.8 Å². The number of hydrogen-bond donors (Lipinski definition) is 1. The van der Waals surface area contributed by atoms with Gasteiger partial charge in [-0.15, -0.1) is 0 Å². The van der Waals surface area contributed by atoms with Gasteiger partial charge in [-0.1, -0.05) is 6.07 Å². The van der Waals surface area contributed by atoms with Crippen LogP contribution in [0.1, 0.15) is 12.5 Å². The third-order valence-corrected chi connectivity index (χ3v) is 5.20. The van der Waals surface area contributed by atoms with Crippen molar-refractivity contribution in [3.05, 3.63) is 29.6 Å². The Morgan fingerprint density at radius 3 is 2.78 bits per heavy atom. The summed E-state index contributed by atoms with van der Waals surface area (Å²) in [6.45, 7) is 5.11. The van der Waals surface area contributed by atoms with Gasteiger partial charge in [0.15, 0.2) is 0 Å². The Kier molecular flexibility index (Phi) is 3.70. The number of sulfonamides is 1. The summed E-state index contributed by atoms with van der Waals surface area (Å²) in [5, 5.41) is 3.13. The second-order valence-electron chi connectivity index (χ2n) is 4.58. The van der Waals surface area contributed by atoms with Crippen LogP contribution in [-0.2, 0) is 10.0 Å². The minimum Gasteiger partial charge on any atom is -0.314 e. The number of nitrogens with zero attached hydrogens (tertiary/aromatic N) is 1. The van der Waals surface area contributed by atoms with Gasteiger partial charge in [0.2, 0.25) is 10.0 Å². The molecule has 1 aromatic carbocycles. The number of halogens is 1. The monoisotopic (exact) mass is 272 g/mol. The quantitative estimate of drug-likeness (QED) is 0.877. The molecular weight excluding hydrogens is 255 g/mol. The highest BCUT2D eigenvalue weighted by molar-refractivity contribution is 7.89. The van der Waals surface area contributed by atoms with Crippen molar-refractivity contribution in [2.75, 3.05) is 19.6 Å². The van der Waals surface area contributed by atoms with Gasteiger partial charge in [0, 0.05) is 25.7 Å². The van der Waals surface area contributed by atoms with Gasteiger partial charge in [-0.25, -0.2) is 12.8 Å². The fourth-order valence-corrected chi connectivity index (χ4v) is 3.69. The smallest absolute Gasteiger partial charge is 0.243 e. The number of rotatable bonds is 2. The second-order valence-corrected chi connectivity index (χ2v) is 6.47. The van der Waals surface area contributed by atoms with Crippen LogP contribution in [-0.4, -0.2) is 38.4 Å². The highest BCUT2D eigenvalue weighted by Crippen LogP contribution is 2.21. The van der Waals surface area contributed by atoms with Gasteiger partial charge in [-0.05, 0) is 31.5 Å². The Hall–Kier alpha value is -0.980. The molecule has 0 aromatic heterocycles. The minimum atomic E-state index is -3.60. The molecule has 1 unspecified atom stereocenters. The van der Waals surface area contributed by atoms with Crippen molar-refractivity contribution >= 4 is 10.0 Å². The average Bonchev–Trinajstić information content (AvgIpc) is 2.33. The Bertz CT molecular complexity index is 545. The lowest BCUT2D eigenvalue weighted by atomic mass is 10.2. The van der Waals surface area contributed by atoms with Crippen molar-refractivity contribution < 1.29 is 12.8 Å². The van der Waals surface area contributed by atoms with E-state index in [1.54, 1.807) is 6.92 Å². The zero-order valence-electron chi connectivity index (χ0n) is 10.5. The van der Waals surface area contributed by atoms with Crippen LogP contribution >= 0.6 is 0 Å². The molecule has 1 N–H and O–H groups in total. The summed E-state index contributed by atoms with van der Waals surface area (Å²) in [5.41, 5.74) is 0.447. The number of benzene rings is 1. The van der Waals surface area contributed by atoms with Crippen LogP contribution in [0.4, 0.5) is 4.39 Å². The van der Waals surface area contributed by atoms with Gasteiger partial charge >= 0.3 is 0 Å². The van der Waals surface area contributed by atoms with Crippen LogP contribution in [0.15, 0.2) is 23.1 Å². The van der Waals surface area contributed by atoms with Crippen LogP contribution in [0, 0.1) is 12.7 Å². The molecule has 18 heavy (non-hydrogen) atoms. The highest BCUT2D eigenvalue weighted by Gasteiger charge is 2.31. The largest absolute Gasteiger partial charge is 0.314 e. The van der Waals surface area contributed by atoms with Crippen molar-refractivity contribution in [1.82, 2.24) is 9.62 Å². The molecule has 0 spiro atoms. The first-order chi connectivity index (χ1) is 8.43. The van der Waals surface area contributed by atoms with E-state index >= 15 is 0 Å². The van der Waals surface area contributed by atoms with Crippen LogP contribution in [0.25, 0.3) is 0 Å². The number of nitrogens with one attached hydrogen (secondary N) is 1. The predicted octanol–water partition coefficient (Wildman–Crippen LogP) is 1.12. The maximum atomic E-state index is 13.5. The topological polar surface area (TPSA) is 49.4 Å².